The van der Waals surface area contributed by atoms with Gasteiger partial charge in [0, 0.05) is 12.3 Å². The summed E-state index contributed by atoms with van der Waals surface area (Å²) in [4.78, 5) is 0.261. The Labute approximate surface area is 108 Å². The normalized spacial score (nSPS) is 15.1. The lowest BCUT2D eigenvalue weighted by molar-refractivity contribution is 0.403. The fourth-order valence-electron chi connectivity index (χ4n) is 1.79. The monoisotopic (exact) mass is 266 g/mol. The number of nitrogens with two attached hydrogens (primary N) is 1. The first-order valence-electron chi connectivity index (χ1n) is 5.72. The summed E-state index contributed by atoms with van der Waals surface area (Å²) in [5.74, 6) is -0.131. The van der Waals surface area contributed by atoms with Crippen LogP contribution in [0.15, 0.2) is 29.2 Å². The van der Waals surface area contributed by atoms with Gasteiger partial charge in [0.2, 0.25) is 0 Å². The first-order valence-corrected chi connectivity index (χ1v) is 7.61. The van der Waals surface area contributed by atoms with Gasteiger partial charge in [0.05, 0.1) is 16.9 Å². The van der Waals surface area contributed by atoms with Gasteiger partial charge in [-0.1, -0.05) is 26.0 Å². The number of benzene rings is 1. The van der Waals surface area contributed by atoms with Crippen LogP contribution in [0.3, 0.4) is 0 Å². The summed E-state index contributed by atoms with van der Waals surface area (Å²) in [6.07, 6.45) is 1.16. The van der Waals surface area contributed by atoms with E-state index in [0.29, 0.717) is 0 Å². The summed E-state index contributed by atoms with van der Waals surface area (Å²) in [6.45, 7) is 3.89. The summed E-state index contributed by atoms with van der Waals surface area (Å²) in [5, 5.41) is 9.09. The van der Waals surface area contributed by atoms with Gasteiger partial charge in [-0.25, -0.2) is 8.42 Å². The molecule has 0 bridgehead atoms. The molecule has 0 heterocycles. The Morgan fingerprint density at radius 2 is 1.72 bits per heavy atom. The third-order valence-corrected chi connectivity index (χ3v) is 4.08. The van der Waals surface area contributed by atoms with Crippen molar-refractivity contribution in [1.82, 2.24) is 0 Å². The molecule has 0 aliphatic heterocycles. The van der Waals surface area contributed by atoms with Gasteiger partial charge in [-0.15, -0.1) is 0 Å². The minimum atomic E-state index is -3.19. The van der Waals surface area contributed by atoms with Crippen LogP contribution in [0.4, 0.5) is 0 Å². The summed E-state index contributed by atoms with van der Waals surface area (Å²) < 4.78 is 22.7. The molecular weight excluding hydrogens is 248 g/mol. The number of hydrogen-bond acceptors (Lipinski definition) is 4. The van der Waals surface area contributed by atoms with Gasteiger partial charge < -0.3 is 5.73 Å². The van der Waals surface area contributed by atoms with Crippen LogP contribution in [-0.4, -0.2) is 14.7 Å². The molecule has 4 nitrogen and oxygen atoms in total. The lowest BCUT2D eigenvalue weighted by Crippen LogP contribution is -2.24. The molecule has 2 atom stereocenters. The van der Waals surface area contributed by atoms with E-state index in [2.05, 4.69) is 6.07 Å². The van der Waals surface area contributed by atoms with Gasteiger partial charge in [-0.2, -0.15) is 5.26 Å². The van der Waals surface area contributed by atoms with Crippen molar-refractivity contribution < 1.29 is 8.42 Å². The maximum Gasteiger partial charge on any atom is 0.175 e. The van der Waals surface area contributed by atoms with E-state index in [4.69, 9.17) is 11.0 Å². The molecule has 2 unspecified atom stereocenters. The SMILES string of the molecule is CC(C)C(C#N)C(N)c1ccc(S(C)(=O)=O)cc1. The van der Waals surface area contributed by atoms with Gasteiger partial charge in [-0.3, -0.25) is 0 Å². The first kappa shape index (κ1) is 14.7. The summed E-state index contributed by atoms with van der Waals surface area (Å²) in [7, 11) is -3.19. The van der Waals surface area contributed by atoms with Crippen LogP contribution >= 0.6 is 0 Å². The van der Waals surface area contributed by atoms with E-state index in [1.54, 1.807) is 12.1 Å². The second-order valence-corrected chi connectivity index (χ2v) is 6.78. The molecule has 0 fully saturated rings. The number of nitriles is 1. The lowest BCUT2D eigenvalue weighted by atomic mass is 9.86. The average molecular weight is 266 g/mol. The molecule has 0 amide bonds. The maximum atomic E-state index is 11.3. The van der Waals surface area contributed by atoms with Crippen molar-refractivity contribution in [2.75, 3.05) is 6.26 Å². The minimum Gasteiger partial charge on any atom is -0.323 e. The molecule has 0 saturated carbocycles. The molecule has 0 radical (unpaired) electrons. The Hall–Kier alpha value is -1.38. The van der Waals surface area contributed by atoms with Crippen LogP contribution in [0.25, 0.3) is 0 Å². The molecule has 0 aromatic heterocycles. The minimum absolute atomic E-state index is 0.152. The highest BCUT2D eigenvalue weighted by Crippen LogP contribution is 2.26. The number of sulfone groups is 1. The molecule has 18 heavy (non-hydrogen) atoms. The third-order valence-electron chi connectivity index (χ3n) is 2.95. The fourth-order valence-corrected chi connectivity index (χ4v) is 2.42. The highest BCUT2D eigenvalue weighted by atomic mass is 32.2. The summed E-state index contributed by atoms with van der Waals surface area (Å²) >= 11 is 0. The number of rotatable bonds is 4. The number of hydrogen-bond donors (Lipinski definition) is 1. The van der Waals surface area contributed by atoms with Crippen molar-refractivity contribution in [3.8, 4) is 6.07 Å². The zero-order valence-corrected chi connectivity index (χ0v) is 11.6. The Morgan fingerprint density at radius 3 is 2.06 bits per heavy atom. The molecule has 1 rings (SSSR count). The maximum absolute atomic E-state index is 11.3. The van der Waals surface area contributed by atoms with E-state index in [9.17, 15) is 8.42 Å². The molecule has 2 N–H and O–H groups in total. The third kappa shape index (κ3) is 3.31. The average Bonchev–Trinajstić information content (AvgIpc) is 2.28. The number of nitrogens with zero attached hydrogens (tertiary/aromatic N) is 1. The van der Waals surface area contributed by atoms with E-state index in [-0.39, 0.29) is 16.7 Å². The second-order valence-electron chi connectivity index (χ2n) is 4.77. The van der Waals surface area contributed by atoms with Crippen molar-refractivity contribution in [3.63, 3.8) is 0 Å². The molecule has 1 aromatic carbocycles. The molecule has 0 saturated heterocycles. The van der Waals surface area contributed by atoms with E-state index >= 15 is 0 Å². The second kappa shape index (κ2) is 5.51. The van der Waals surface area contributed by atoms with Gasteiger partial charge >= 0.3 is 0 Å². The van der Waals surface area contributed by atoms with Crippen LogP contribution in [0, 0.1) is 23.2 Å². The molecular formula is C13H18N2O2S. The molecule has 0 aliphatic carbocycles. The van der Waals surface area contributed by atoms with Crippen LogP contribution in [0.1, 0.15) is 25.5 Å². The van der Waals surface area contributed by atoms with E-state index in [1.165, 1.54) is 12.1 Å². The Balaban J connectivity index is 3.03. The summed E-state index contributed by atoms with van der Waals surface area (Å²) in [6, 6.07) is 8.20. The largest absolute Gasteiger partial charge is 0.323 e. The van der Waals surface area contributed by atoms with Crippen molar-refractivity contribution >= 4 is 9.84 Å². The lowest BCUT2D eigenvalue weighted by Gasteiger charge is -2.21. The van der Waals surface area contributed by atoms with Crippen LogP contribution < -0.4 is 5.73 Å². The van der Waals surface area contributed by atoms with E-state index in [1.807, 2.05) is 13.8 Å². The van der Waals surface area contributed by atoms with Crippen LogP contribution in [0.2, 0.25) is 0 Å². The van der Waals surface area contributed by atoms with Gasteiger partial charge in [0.15, 0.2) is 9.84 Å². The first-order chi connectivity index (χ1) is 8.27. The van der Waals surface area contributed by atoms with Crippen molar-refractivity contribution in [2.45, 2.75) is 24.8 Å². The van der Waals surface area contributed by atoms with Crippen LogP contribution in [0.5, 0.6) is 0 Å². The van der Waals surface area contributed by atoms with Crippen molar-refractivity contribution in [3.05, 3.63) is 29.8 Å². The fraction of sp³-hybridized carbons (Fsp3) is 0.462. The van der Waals surface area contributed by atoms with Gasteiger partial charge in [-0.05, 0) is 23.6 Å². The molecule has 5 heteroatoms. The predicted molar refractivity (Wildman–Crippen MR) is 70.4 cm³/mol. The molecule has 98 valence electrons. The summed E-state index contributed by atoms with van der Waals surface area (Å²) in [5.41, 5.74) is 6.82. The van der Waals surface area contributed by atoms with E-state index < -0.39 is 15.9 Å². The smallest absolute Gasteiger partial charge is 0.175 e. The van der Waals surface area contributed by atoms with Crippen molar-refractivity contribution in [2.24, 2.45) is 17.6 Å². The van der Waals surface area contributed by atoms with Gasteiger partial charge in [0.25, 0.3) is 0 Å². The Bertz CT molecular complexity index is 541. The topological polar surface area (TPSA) is 83.9 Å². The van der Waals surface area contributed by atoms with Crippen LogP contribution in [-0.2, 0) is 9.84 Å². The highest BCUT2D eigenvalue weighted by Gasteiger charge is 2.22. The zero-order valence-electron chi connectivity index (χ0n) is 10.8. The highest BCUT2D eigenvalue weighted by molar-refractivity contribution is 7.90. The zero-order chi connectivity index (χ0) is 13.9. The predicted octanol–water partition coefficient (Wildman–Crippen LogP) is 1.89. The molecule has 0 aliphatic rings. The standard InChI is InChI=1S/C13H18N2O2S/c1-9(2)12(8-14)13(15)10-4-6-11(7-5-10)18(3,16)17/h4-7,9,12-13H,15H2,1-3H3. The molecule has 1 aromatic rings. The van der Waals surface area contributed by atoms with Gasteiger partial charge in [0.1, 0.15) is 0 Å². The van der Waals surface area contributed by atoms with E-state index in [0.717, 1.165) is 11.8 Å². The van der Waals surface area contributed by atoms with Crippen molar-refractivity contribution in [1.29, 1.82) is 5.26 Å². The quantitative estimate of drug-likeness (QED) is 0.901. The Morgan fingerprint density at radius 1 is 1.22 bits per heavy atom. The Kier molecular flexibility index (Phi) is 4.49. The molecule has 0 spiro atoms.